The number of hydrogen-bond donors (Lipinski definition) is 1. The molecule has 152 valence electrons. The van der Waals surface area contributed by atoms with Crippen molar-refractivity contribution in [3.8, 4) is 11.1 Å². The second-order valence-corrected chi connectivity index (χ2v) is 8.98. The van der Waals surface area contributed by atoms with Gasteiger partial charge in [-0.05, 0) is 18.4 Å². The predicted octanol–water partition coefficient (Wildman–Crippen LogP) is 4.56. The molecule has 0 radical (unpaired) electrons. The summed E-state index contributed by atoms with van der Waals surface area (Å²) in [7, 11) is 0. The third-order valence-corrected chi connectivity index (χ3v) is 6.62. The Morgan fingerprint density at radius 1 is 1.31 bits per heavy atom. The maximum absolute atomic E-state index is 13.3. The Bertz CT molecular complexity index is 1070. The molecule has 2 aromatic heterocycles. The molecule has 1 amide bonds. The van der Waals surface area contributed by atoms with Gasteiger partial charge in [-0.2, -0.15) is 0 Å². The summed E-state index contributed by atoms with van der Waals surface area (Å²) in [4.78, 5) is 30.9. The van der Waals surface area contributed by atoms with Gasteiger partial charge >= 0.3 is 0 Å². The third-order valence-electron chi connectivity index (χ3n) is 4.78. The molecule has 0 saturated heterocycles. The molecule has 5 nitrogen and oxygen atoms in total. The molecule has 0 aliphatic heterocycles. The molecule has 0 bridgehead atoms. The monoisotopic (exact) mass is 427 g/mol. The number of rotatable bonds is 8. The highest BCUT2D eigenvalue weighted by Gasteiger charge is 2.18. The number of benzene rings is 1. The Hall–Kier alpha value is -2.38. The zero-order chi connectivity index (χ0) is 21.0. The van der Waals surface area contributed by atoms with Crippen LogP contribution >= 0.6 is 23.1 Å². The average Bonchev–Trinajstić information content (AvgIpc) is 3.13. The van der Waals surface area contributed by atoms with Crippen molar-refractivity contribution in [3.05, 3.63) is 58.7 Å². The summed E-state index contributed by atoms with van der Waals surface area (Å²) in [5, 5.41) is 6.11. The smallest absolute Gasteiger partial charge is 0.263 e. The van der Waals surface area contributed by atoms with E-state index in [1.165, 1.54) is 23.1 Å². The zero-order valence-corrected chi connectivity index (χ0v) is 18.5. The lowest BCUT2D eigenvalue weighted by Gasteiger charge is -2.17. The number of nitrogens with zero attached hydrogens (tertiary/aromatic N) is 2. The van der Waals surface area contributed by atoms with Crippen molar-refractivity contribution in [2.75, 3.05) is 5.75 Å². The fraction of sp³-hybridized carbons (Fsp3) is 0.318. The number of thiophene rings is 1. The lowest BCUT2D eigenvalue weighted by atomic mass is 10.1. The number of nitrogens with one attached hydrogen (secondary N) is 1. The summed E-state index contributed by atoms with van der Waals surface area (Å²) >= 11 is 2.73. The van der Waals surface area contributed by atoms with Crippen LogP contribution in [0.25, 0.3) is 21.3 Å². The SMILES string of the molecule is C=CCn1c(SCC(=O)NC(C)C(C)C)nc2scc(-c3ccccc3)c2c1=O. The zero-order valence-electron chi connectivity index (χ0n) is 16.8. The van der Waals surface area contributed by atoms with Crippen molar-refractivity contribution in [2.45, 2.75) is 38.5 Å². The second-order valence-electron chi connectivity index (χ2n) is 7.18. The van der Waals surface area contributed by atoms with E-state index in [1.54, 1.807) is 10.6 Å². The minimum absolute atomic E-state index is 0.0631. The number of fused-ring (bicyclic) bond motifs is 1. The van der Waals surface area contributed by atoms with Gasteiger partial charge < -0.3 is 5.32 Å². The Kier molecular flexibility index (Phi) is 6.92. The van der Waals surface area contributed by atoms with Crippen LogP contribution in [0.1, 0.15) is 20.8 Å². The highest BCUT2D eigenvalue weighted by atomic mass is 32.2. The standard InChI is InChI=1S/C22H25N3O2S2/c1-5-11-25-21(27)19-17(16-9-7-6-8-10-16)12-28-20(19)24-22(25)29-13-18(26)23-15(4)14(2)3/h5-10,12,14-15H,1,11,13H2,2-4H3,(H,23,26). The van der Waals surface area contributed by atoms with E-state index < -0.39 is 0 Å². The van der Waals surface area contributed by atoms with Gasteiger partial charge in [0.2, 0.25) is 5.91 Å². The summed E-state index contributed by atoms with van der Waals surface area (Å²) in [6.45, 7) is 10.2. The van der Waals surface area contributed by atoms with Crippen LogP contribution in [0.5, 0.6) is 0 Å². The fourth-order valence-electron chi connectivity index (χ4n) is 2.83. The molecule has 0 aliphatic rings. The summed E-state index contributed by atoms with van der Waals surface area (Å²) < 4.78 is 1.60. The van der Waals surface area contributed by atoms with Gasteiger partial charge in [0.05, 0.1) is 11.1 Å². The number of carbonyl (C=O) groups excluding carboxylic acids is 1. The normalized spacial score (nSPS) is 12.3. The van der Waals surface area contributed by atoms with Gasteiger partial charge in [0.25, 0.3) is 5.56 Å². The van der Waals surface area contributed by atoms with Crippen LogP contribution < -0.4 is 10.9 Å². The van der Waals surface area contributed by atoms with Gasteiger partial charge in [-0.1, -0.05) is 62.0 Å². The fourth-order valence-corrected chi connectivity index (χ4v) is 4.64. The van der Waals surface area contributed by atoms with Crippen molar-refractivity contribution >= 4 is 39.2 Å². The van der Waals surface area contributed by atoms with Gasteiger partial charge in [-0.15, -0.1) is 17.9 Å². The van der Waals surface area contributed by atoms with Gasteiger partial charge in [0.1, 0.15) is 4.83 Å². The van der Waals surface area contributed by atoms with Crippen LogP contribution in [0.3, 0.4) is 0 Å². The first-order chi connectivity index (χ1) is 13.9. The van der Waals surface area contributed by atoms with E-state index in [1.807, 2.05) is 42.6 Å². The van der Waals surface area contributed by atoms with E-state index in [-0.39, 0.29) is 23.3 Å². The lowest BCUT2D eigenvalue weighted by molar-refractivity contribution is -0.119. The number of hydrogen-bond acceptors (Lipinski definition) is 5. The van der Waals surface area contributed by atoms with Crippen molar-refractivity contribution < 1.29 is 4.79 Å². The number of allylic oxidation sites excluding steroid dienone is 1. The summed E-state index contributed by atoms with van der Waals surface area (Å²) in [6, 6.07) is 9.93. The largest absolute Gasteiger partial charge is 0.353 e. The third kappa shape index (κ3) is 4.79. The Morgan fingerprint density at radius 3 is 2.69 bits per heavy atom. The van der Waals surface area contributed by atoms with E-state index in [0.29, 0.717) is 27.8 Å². The van der Waals surface area contributed by atoms with Crippen molar-refractivity contribution in [2.24, 2.45) is 5.92 Å². The first-order valence-electron chi connectivity index (χ1n) is 9.52. The van der Waals surface area contributed by atoms with Crippen LogP contribution in [0.4, 0.5) is 0 Å². The topological polar surface area (TPSA) is 64.0 Å². The van der Waals surface area contributed by atoms with E-state index in [9.17, 15) is 9.59 Å². The van der Waals surface area contributed by atoms with Gasteiger partial charge in [-0.25, -0.2) is 4.98 Å². The minimum atomic E-state index is -0.103. The summed E-state index contributed by atoms with van der Waals surface area (Å²) in [6.07, 6.45) is 1.68. The van der Waals surface area contributed by atoms with Crippen LogP contribution in [0, 0.1) is 5.92 Å². The highest BCUT2D eigenvalue weighted by molar-refractivity contribution is 7.99. The molecule has 3 aromatic rings. The van der Waals surface area contributed by atoms with Gasteiger partial charge in [-0.3, -0.25) is 14.2 Å². The second kappa shape index (κ2) is 9.41. The van der Waals surface area contributed by atoms with Gasteiger partial charge in [0, 0.05) is 23.5 Å². The Labute approximate surface area is 178 Å². The van der Waals surface area contributed by atoms with Crippen LogP contribution in [-0.2, 0) is 11.3 Å². The maximum Gasteiger partial charge on any atom is 0.263 e. The molecule has 3 rings (SSSR count). The summed E-state index contributed by atoms with van der Waals surface area (Å²) in [5.74, 6) is 0.509. The minimum Gasteiger partial charge on any atom is -0.353 e. The molecule has 0 spiro atoms. The number of carbonyl (C=O) groups is 1. The van der Waals surface area contributed by atoms with E-state index >= 15 is 0 Å². The first-order valence-corrected chi connectivity index (χ1v) is 11.4. The molecule has 1 aromatic carbocycles. The molecule has 7 heteroatoms. The van der Waals surface area contributed by atoms with Crippen molar-refractivity contribution in [1.82, 2.24) is 14.9 Å². The van der Waals surface area contributed by atoms with E-state index in [0.717, 1.165) is 11.1 Å². The van der Waals surface area contributed by atoms with Crippen LogP contribution in [0.2, 0.25) is 0 Å². The van der Waals surface area contributed by atoms with Crippen LogP contribution in [-0.4, -0.2) is 27.3 Å². The number of thioether (sulfide) groups is 1. The molecule has 1 N–H and O–H groups in total. The molecular formula is C22H25N3O2S2. The maximum atomic E-state index is 13.3. The molecule has 1 atom stereocenters. The molecule has 2 heterocycles. The quantitative estimate of drug-likeness (QED) is 0.325. The Balaban J connectivity index is 1.94. The predicted molar refractivity (Wildman–Crippen MR) is 123 cm³/mol. The van der Waals surface area contributed by atoms with E-state index in [2.05, 4.69) is 25.7 Å². The number of amides is 1. The molecule has 0 fully saturated rings. The van der Waals surface area contributed by atoms with Gasteiger partial charge in [0.15, 0.2) is 5.16 Å². The summed E-state index contributed by atoms with van der Waals surface area (Å²) in [5.41, 5.74) is 1.78. The van der Waals surface area contributed by atoms with E-state index in [4.69, 9.17) is 4.98 Å². The molecular weight excluding hydrogens is 402 g/mol. The highest BCUT2D eigenvalue weighted by Crippen LogP contribution is 2.32. The van der Waals surface area contributed by atoms with Crippen molar-refractivity contribution in [1.29, 1.82) is 0 Å². The average molecular weight is 428 g/mol. The molecule has 0 saturated carbocycles. The first kappa shape index (κ1) is 21.3. The lowest BCUT2D eigenvalue weighted by Crippen LogP contribution is -2.37. The van der Waals surface area contributed by atoms with Crippen molar-refractivity contribution in [3.63, 3.8) is 0 Å². The molecule has 29 heavy (non-hydrogen) atoms. The molecule has 0 aliphatic carbocycles. The Morgan fingerprint density at radius 2 is 2.03 bits per heavy atom. The number of aromatic nitrogens is 2. The molecule has 1 unspecified atom stereocenters. The van der Waals surface area contributed by atoms with Crippen LogP contribution in [0.15, 0.2) is 58.3 Å².